The summed E-state index contributed by atoms with van der Waals surface area (Å²) in [5, 5.41) is 26.5. The molecule has 0 aromatic rings. The van der Waals surface area contributed by atoms with Crippen molar-refractivity contribution in [3.8, 4) is 0 Å². The van der Waals surface area contributed by atoms with E-state index in [0.29, 0.717) is 0 Å². The molecule has 0 radical (unpaired) electrons. The molecule has 0 bridgehead atoms. The van der Waals surface area contributed by atoms with Crippen LogP contribution < -0.4 is 0 Å². The van der Waals surface area contributed by atoms with Crippen molar-refractivity contribution in [1.29, 1.82) is 0 Å². The smallest absolute Gasteiger partial charge is 0.345 e. The number of aliphatic hydroxyl groups excluding tert-OH is 3. The first kappa shape index (κ1) is 13.0. The van der Waals surface area contributed by atoms with Crippen LogP contribution in [0.1, 0.15) is 20.3 Å². The van der Waals surface area contributed by atoms with Gasteiger partial charge in [-0.25, -0.2) is 4.79 Å². The van der Waals surface area contributed by atoms with Crippen LogP contribution in [-0.4, -0.2) is 45.6 Å². The molecule has 0 amide bonds. The largest absolute Gasteiger partial charge is 0.393 e. The zero-order valence-corrected chi connectivity index (χ0v) is 8.01. The fourth-order valence-corrected chi connectivity index (χ4v) is 0.652. The maximum absolute atomic E-state index is 10.8. The molecule has 0 saturated carbocycles. The lowest BCUT2D eigenvalue weighted by Gasteiger charge is -2.11. The number of hydrogen-bond acceptors (Lipinski definition) is 6. The van der Waals surface area contributed by atoms with Crippen LogP contribution in [0.4, 0.5) is 0 Å². The molecule has 6 heteroatoms. The fraction of sp³-hybridized carbons (Fsp3) is 0.750. The van der Waals surface area contributed by atoms with Crippen molar-refractivity contribution in [2.45, 2.75) is 38.6 Å². The average molecular weight is 206 g/mol. The first-order chi connectivity index (χ1) is 6.34. The number of esters is 2. The number of carbonyl (C=O) groups is 2. The van der Waals surface area contributed by atoms with E-state index in [-0.39, 0.29) is 6.42 Å². The Balaban J connectivity index is 4.00. The van der Waals surface area contributed by atoms with Crippen molar-refractivity contribution < 1.29 is 29.6 Å². The zero-order valence-electron chi connectivity index (χ0n) is 8.01. The summed E-state index contributed by atoms with van der Waals surface area (Å²) in [4.78, 5) is 21.6. The van der Waals surface area contributed by atoms with Crippen molar-refractivity contribution in [3.05, 3.63) is 0 Å². The molecule has 82 valence electrons. The molecule has 6 nitrogen and oxygen atoms in total. The molecule has 3 unspecified atom stereocenters. The van der Waals surface area contributed by atoms with Crippen molar-refractivity contribution in [1.82, 2.24) is 0 Å². The molecule has 3 atom stereocenters. The van der Waals surface area contributed by atoms with Gasteiger partial charge in [0, 0.05) is 0 Å². The lowest BCUT2D eigenvalue weighted by molar-refractivity contribution is -0.170. The highest BCUT2D eigenvalue weighted by molar-refractivity contribution is 5.88. The maximum Gasteiger partial charge on any atom is 0.345 e. The Hall–Kier alpha value is -0.980. The van der Waals surface area contributed by atoms with Gasteiger partial charge < -0.3 is 20.1 Å². The zero-order chi connectivity index (χ0) is 11.3. The Bertz CT molecular complexity index is 210. The monoisotopic (exact) mass is 206 g/mol. The van der Waals surface area contributed by atoms with Crippen molar-refractivity contribution in [2.24, 2.45) is 0 Å². The Kier molecular flexibility index (Phi) is 5.29. The number of rotatable bonds is 4. The summed E-state index contributed by atoms with van der Waals surface area (Å²) in [7, 11) is 0. The third-order valence-electron chi connectivity index (χ3n) is 1.37. The van der Waals surface area contributed by atoms with Crippen LogP contribution in [-0.2, 0) is 14.3 Å². The average Bonchev–Trinajstić information content (AvgIpc) is 2.00. The molecule has 0 aromatic heterocycles. The van der Waals surface area contributed by atoms with Crippen LogP contribution in [0.5, 0.6) is 0 Å². The second-order valence-electron chi connectivity index (χ2n) is 3.03. The molecular weight excluding hydrogens is 192 g/mol. The van der Waals surface area contributed by atoms with Crippen LogP contribution in [0.25, 0.3) is 0 Å². The minimum absolute atomic E-state index is 0.335. The molecule has 0 aliphatic carbocycles. The Morgan fingerprint density at radius 1 is 1.21 bits per heavy atom. The lowest BCUT2D eigenvalue weighted by Crippen LogP contribution is -2.35. The second kappa shape index (κ2) is 5.69. The van der Waals surface area contributed by atoms with Crippen LogP contribution in [0.2, 0.25) is 0 Å². The van der Waals surface area contributed by atoms with Gasteiger partial charge in [0.1, 0.15) is 0 Å². The van der Waals surface area contributed by atoms with Gasteiger partial charge >= 0.3 is 11.9 Å². The van der Waals surface area contributed by atoms with Gasteiger partial charge in [0.05, 0.1) is 18.6 Å². The number of aliphatic hydroxyl groups is 3. The van der Waals surface area contributed by atoms with Gasteiger partial charge in [-0.2, -0.15) is 0 Å². The van der Waals surface area contributed by atoms with Gasteiger partial charge in [-0.05, 0) is 13.8 Å². The Labute approximate surface area is 81.1 Å². The van der Waals surface area contributed by atoms with Gasteiger partial charge in [0.25, 0.3) is 0 Å². The molecule has 0 heterocycles. The highest BCUT2D eigenvalue weighted by Gasteiger charge is 2.24. The van der Waals surface area contributed by atoms with Gasteiger partial charge in [-0.3, -0.25) is 4.79 Å². The van der Waals surface area contributed by atoms with Crippen molar-refractivity contribution in [3.63, 3.8) is 0 Å². The quantitative estimate of drug-likeness (QED) is 0.385. The highest BCUT2D eigenvalue weighted by atomic mass is 16.6. The van der Waals surface area contributed by atoms with Crippen LogP contribution in [0.15, 0.2) is 0 Å². The number of carbonyl (C=O) groups excluding carboxylic acids is 2. The molecular formula is C8H14O6. The minimum Gasteiger partial charge on any atom is -0.393 e. The van der Waals surface area contributed by atoms with Crippen LogP contribution in [0, 0.1) is 0 Å². The molecule has 0 spiro atoms. The highest BCUT2D eigenvalue weighted by Crippen LogP contribution is 1.99. The Morgan fingerprint density at radius 2 is 1.71 bits per heavy atom. The van der Waals surface area contributed by atoms with E-state index in [1.54, 1.807) is 0 Å². The first-order valence-corrected chi connectivity index (χ1v) is 4.13. The summed E-state index contributed by atoms with van der Waals surface area (Å²) >= 11 is 0. The SMILES string of the molecule is CC(O)CC(=O)OC(=O)C(O)C(C)O. The molecule has 0 aliphatic heterocycles. The Morgan fingerprint density at radius 3 is 2.07 bits per heavy atom. The topological polar surface area (TPSA) is 104 Å². The van der Waals surface area contributed by atoms with E-state index in [1.165, 1.54) is 13.8 Å². The molecule has 14 heavy (non-hydrogen) atoms. The summed E-state index contributed by atoms with van der Waals surface area (Å²) < 4.78 is 4.14. The molecule has 0 aliphatic rings. The third-order valence-corrected chi connectivity index (χ3v) is 1.37. The summed E-state index contributed by atoms with van der Waals surface area (Å²) in [6, 6.07) is 0. The fourth-order valence-electron chi connectivity index (χ4n) is 0.652. The number of ether oxygens (including phenoxy) is 1. The van der Waals surface area contributed by atoms with E-state index in [1.807, 2.05) is 0 Å². The van der Waals surface area contributed by atoms with E-state index in [4.69, 9.17) is 15.3 Å². The van der Waals surface area contributed by atoms with E-state index >= 15 is 0 Å². The van der Waals surface area contributed by atoms with Gasteiger partial charge in [-0.1, -0.05) is 0 Å². The van der Waals surface area contributed by atoms with Gasteiger partial charge in [0.2, 0.25) is 0 Å². The standard InChI is InChI=1S/C8H14O6/c1-4(9)3-6(11)14-8(13)7(12)5(2)10/h4-5,7,9-10,12H,3H2,1-2H3. The molecule has 0 rings (SSSR count). The van der Waals surface area contributed by atoms with Crippen molar-refractivity contribution >= 4 is 11.9 Å². The molecule has 0 aromatic carbocycles. The summed E-state index contributed by atoms with van der Waals surface area (Å²) in [5.74, 6) is -2.16. The maximum atomic E-state index is 10.8. The normalized spacial score (nSPS) is 16.9. The van der Waals surface area contributed by atoms with Crippen LogP contribution >= 0.6 is 0 Å². The molecule has 3 N–H and O–H groups in total. The molecule has 0 fully saturated rings. The second-order valence-corrected chi connectivity index (χ2v) is 3.03. The number of hydrogen-bond donors (Lipinski definition) is 3. The predicted octanol–water partition coefficient (Wildman–Crippen LogP) is -1.43. The summed E-state index contributed by atoms with van der Waals surface area (Å²) in [6.45, 7) is 2.54. The van der Waals surface area contributed by atoms with E-state index < -0.39 is 30.3 Å². The van der Waals surface area contributed by atoms with Gasteiger partial charge in [0.15, 0.2) is 6.10 Å². The lowest BCUT2D eigenvalue weighted by atomic mass is 10.2. The minimum atomic E-state index is -1.74. The van der Waals surface area contributed by atoms with Crippen LogP contribution in [0.3, 0.4) is 0 Å². The van der Waals surface area contributed by atoms with Gasteiger partial charge in [-0.15, -0.1) is 0 Å². The van der Waals surface area contributed by atoms with E-state index in [2.05, 4.69) is 4.74 Å². The predicted molar refractivity (Wildman–Crippen MR) is 45.1 cm³/mol. The third kappa shape index (κ3) is 4.90. The van der Waals surface area contributed by atoms with Crippen molar-refractivity contribution in [2.75, 3.05) is 0 Å². The van der Waals surface area contributed by atoms with E-state index in [9.17, 15) is 9.59 Å². The molecule has 0 saturated heterocycles. The van der Waals surface area contributed by atoms with E-state index in [0.717, 1.165) is 0 Å². The summed E-state index contributed by atoms with van der Waals surface area (Å²) in [6.07, 6.45) is -4.30. The summed E-state index contributed by atoms with van der Waals surface area (Å²) in [5.41, 5.74) is 0. The first-order valence-electron chi connectivity index (χ1n) is 4.13.